The second kappa shape index (κ2) is 6.12. The minimum atomic E-state index is -0.803. The molecule has 0 aromatic heterocycles. The Bertz CT molecular complexity index is 237. The summed E-state index contributed by atoms with van der Waals surface area (Å²) in [5, 5.41) is 10.5. The topological polar surface area (TPSA) is 69.4 Å². The minimum Gasteiger partial charge on any atom is -0.455 e. The molecule has 0 aliphatic carbocycles. The van der Waals surface area contributed by atoms with Crippen molar-refractivity contribution in [3.8, 4) is 0 Å². The average Bonchev–Trinajstić information content (AvgIpc) is 2.10. The van der Waals surface area contributed by atoms with Crippen LogP contribution in [0.5, 0.6) is 0 Å². The summed E-state index contributed by atoms with van der Waals surface area (Å²) in [6.45, 7) is 6.55. The van der Waals surface area contributed by atoms with E-state index in [4.69, 9.17) is 4.74 Å². The van der Waals surface area contributed by atoms with Crippen molar-refractivity contribution in [2.75, 3.05) is 6.61 Å². The van der Waals surface area contributed by atoms with E-state index in [0.29, 0.717) is 12.8 Å². The van der Waals surface area contributed by atoms with Crippen LogP contribution in [0.15, 0.2) is 12.2 Å². The lowest BCUT2D eigenvalue weighted by molar-refractivity contribution is -0.526. The molecule has 0 aliphatic heterocycles. The van der Waals surface area contributed by atoms with Crippen LogP contribution in [-0.2, 0) is 9.53 Å². The number of hydrogen-bond acceptors (Lipinski definition) is 4. The third-order valence-corrected chi connectivity index (χ3v) is 1.68. The molecule has 0 fully saturated rings. The zero-order chi connectivity index (χ0) is 11.1. The molecule has 5 heteroatoms. The highest BCUT2D eigenvalue weighted by atomic mass is 16.6. The van der Waals surface area contributed by atoms with Crippen molar-refractivity contribution in [3.05, 3.63) is 22.3 Å². The maximum Gasteiger partial charge on any atom is 0.333 e. The van der Waals surface area contributed by atoms with E-state index >= 15 is 0 Å². The second-order valence-corrected chi connectivity index (χ2v) is 3.11. The van der Waals surface area contributed by atoms with Crippen LogP contribution in [0.3, 0.4) is 0 Å². The van der Waals surface area contributed by atoms with Crippen molar-refractivity contribution in [1.82, 2.24) is 0 Å². The van der Waals surface area contributed by atoms with Gasteiger partial charge in [-0.2, -0.15) is 0 Å². The van der Waals surface area contributed by atoms with Gasteiger partial charge in [-0.15, -0.1) is 0 Å². The Labute approximate surface area is 82.9 Å². The van der Waals surface area contributed by atoms with E-state index < -0.39 is 16.9 Å². The average molecular weight is 201 g/mol. The fourth-order valence-electron chi connectivity index (χ4n) is 0.878. The van der Waals surface area contributed by atoms with Crippen molar-refractivity contribution in [1.29, 1.82) is 0 Å². The maximum absolute atomic E-state index is 10.9. The van der Waals surface area contributed by atoms with Crippen LogP contribution < -0.4 is 0 Å². The molecule has 14 heavy (non-hydrogen) atoms. The summed E-state index contributed by atoms with van der Waals surface area (Å²) in [4.78, 5) is 21.0. The Morgan fingerprint density at radius 2 is 2.21 bits per heavy atom. The van der Waals surface area contributed by atoms with Gasteiger partial charge in [-0.3, -0.25) is 10.1 Å². The van der Waals surface area contributed by atoms with E-state index in [9.17, 15) is 14.9 Å². The van der Waals surface area contributed by atoms with Crippen LogP contribution in [0, 0.1) is 10.1 Å². The van der Waals surface area contributed by atoms with E-state index in [-0.39, 0.29) is 12.2 Å². The SMILES string of the molecule is C=C(C)C(=O)OCC(CCC)[N+](=O)[O-]. The first-order chi connectivity index (χ1) is 6.49. The monoisotopic (exact) mass is 201 g/mol. The number of rotatable bonds is 6. The zero-order valence-electron chi connectivity index (χ0n) is 8.49. The molecule has 80 valence electrons. The number of carbonyl (C=O) groups excluding carboxylic acids is 1. The fourth-order valence-corrected chi connectivity index (χ4v) is 0.878. The number of carbonyl (C=O) groups is 1. The van der Waals surface area contributed by atoms with Crippen molar-refractivity contribution in [2.45, 2.75) is 32.7 Å². The van der Waals surface area contributed by atoms with Crippen molar-refractivity contribution >= 4 is 5.97 Å². The lowest BCUT2D eigenvalue weighted by atomic mass is 10.2. The van der Waals surface area contributed by atoms with Crippen LogP contribution in [0.2, 0.25) is 0 Å². The summed E-state index contributed by atoms with van der Waals surface area (Å²) in [6, 6.07) is -0.803. The molecule has 0 heterocycles. The second-order valence-electron chi connectivity index (χ2n) is 3.11. The highest BCUT2D eigenvalue weighted by Crippen LogP contribution is 2.03. The molecule has 0 aliphatic rings. The molecule has 0 saturated heterocycles. The predicted molar refractivity (Wildman–Crippen MR) is 51.5 cm³/mol. The fraction of sp³-hybridized carbons (Fsp3) is 0.667. The number of ether oxygens (including phenoxy) is 1. The maximum atomic E-state index is 10.9. The number of esters is 1. The smallest absolute Gasteiger partial charge is 0.333 e. The number of hydrogen-bond donors (Lipinski definition) is 0. The lowest BCUT2D eigenvalue weighted by Crippen LogP contribution is -2.27. The normalized spacial score (nSPS) is 11.9. The summed E-state index contributed by atoms with van der Waals surface area (Å²) in [5.74, 6) is -0.576. The molecule has 0 aromatic carbocycles. The Hall–Kier alpha value is -1.39. The summed E-state index contributed by atoms with van der Waals surface area (Å²) >= 11 is 0. The standard InChI is InChI=1S/C9H15NO4/c1-4-5-8(10(12)13)6-14-9(11)7(2)3/h8H,2,4-6H2,1,3H3. The van der Waals surface area contributed by atoms with Crippen LogP contribution in [0.4, 0.5) is 0 Å². The molecule has 1 unspecified atom stereocenters. The summed E-state index contributed by atoms with van der Waals surface area (Å²) in [6.07, 6.45) is 1.10. The van der Waals surface area contributed by atoms with Gasteiger partial charge in [-0.25, -0.2) is 4.79 Å². The van der Waals surface area contributed by atoms with Gasteiger partial charge in [-0.05, 0) is 13.3 Å². The molecule has 0 rings (SSSR count). The summed E-state index contributed by atoms with van der Waals surface area (Å²) in [5.41, 5.74) is 0.253. The van der Waals surface area contributed by atoms with Gasteiger partial charge in [0.25, 0.3) is 0 Å². The van der Waals surface area contributed by atoms with Crippen LogP contribution in [-0.4, -0.2) is 23.5 Å². The first-order valence-corrected chi connectivity index (χ1v) is 4.45. The molecule has 0 bridgehead atoms. The zero-order valence-corrected chi connectivity index (χ0v) is 8.49. The number of nitrogens with zero attached hydrogens (tertiary/aromatic N) is 1. The van der Waals surface area contributed by atoms with Gasteiger partial charge in [0.05, 0.1) is 0 Å². The van der Waals surface area contributed by atoms with E-state index in [0.717, 1.165) is 0 Å². The first kappa shape index (κ1) is 12.6. The van der Waals surface area contributed by atoms with E-state index in [1.54, 1.807) is 0 Å². The van der Waals surface area contributed by atoms with Crippen molar-refractivity contribution in [2.24, 2.45) is 0 Å². The largest absolute Gasteiger partial charge is 0.455 e. The minimum absolute atomic E-state index is 0.174. The highest BCUT2D eigenvalue weighted by molar-refractivity contribution is 5.86. The first-order valence-electron chi connectivity index (χ1n) is 4.45. The van der Waals surface area contributed by atoms with Crippen molar-refractivity contribution in [3.63, 3.8) is 0 Å². The summed E-state index contributed by atoms with van der Waals surface area (Å²) < 4.78 is 4.70. The Morgan fingerprint density at radius 1 is 1.64 bits per heavy atom. The van der Waals surface area contributed by atoms with E-state index in [1.165, 1.54) is 6.92 Å². The Balaban J connectivity index is 4.00. The van der Waals surface area contributed by atoms with Gasteiger partial charge in [0.1, 0.15) is 0 Å². The molecule has 0 amide bonds. The van der Waals surface area contributed by atoms with E-state index in [1.807, 2.05) is 6.92 Å². The molecular formula is C9H15NO4. The van der Waals surface area contributed by atoms with Gasteiger partial charge < -0.3 is 4.74 Å². The third kappa shape index (κ3) is 4.59. The van der Waals surface area contributed by atoms with Crippen LogP contribution in [0.1, 0.15) is 26.7 Å². The Morgan fingerprint density at radius 3 is 2.57 bits per heavy atom. The van der Waals surface area contributed by atoms with Gasteiger partial charge in [-0.1, -0.05) is 13.5 Å². The summed E-state index contributed by atoms with van der Waals surface area (Å²) in [7, 11) is 0. The van der Waals surface area contributed by atoms with Crippen LogP contribution >= 0.6 is 0 Å². The van der Waals surface area contributed by atoms with Crippen molar-refractivity contribution < 1.29 is 14.5 Å². The molecule has 0 aromatic rings. The molecule has 5 nitrogen and oxygen atoms in total. The molecule has 0 spiro atoms. The quantitative estimate of drug-likeness (QED) is 0.283. The number of nitro groups is 1. The lowest BCUT2D eigenvalue weighted by Gasteiger charge is -2.08. The third-order valence-electron chi connectivity index (χ3n) is 1.68. The molecule has 0 radical (unpaired) electrons. The van der Waals surface area contributed by atoms with Crippen LogP contribution in [0.25, 0.3) is 0 Å². The highest BCUT2D eigenvalue weighted by Gasteiger charge is 2.20. The molecule has 1 atom stereocenters. The van der Waals surface area contributed by atoms with Gasteiger partial charge in [0.15, 0.2) is 6.61 Å². The molecule has 0 N–H and O–H groups in total. The van der Waals surface area contributed by atoms with Gasteiger partial charge >= 0.3 is 5.97 Å². The van der Waals surface area contributed by atoms with E-state index in [2.05, 4.69) is 6.58 Å². The predicted octanol–water partition coefficient (Wildman–Crippen LogP) is 1.55. The molecule has 0 saturated carbocycles. The van der Waals surface area contributed by atoms with Gasteiger partial charge in [0, 0.05) is 16.9 Å². The van der Waals surface area contributed by atoms with Gasteiger partial charge in [0.2, 0.25) is 6.04 Å². The Kier molecular flexibility index (Phi) is 5.52. The molecular weight excluding hydrogens is 186 g/mol.